The number of benzene rings is 8. The fraction of sp³-hybridized carbons (Fsp3) is 0.275. The average Bonchev–Trinajstić information content (AvgIpc) is 3.96. The van der Waals surface area contributed by atoms with Crippen molar-refractivity contribution in [1.29, 1.82) is 0 Å². The maximum atomic E-state index is 2.82. The lowest BCUT2D eigenvalue weighted by molar-refractivity contribution is 0.590. The van der Waals surface area contributed by atoms with Gasteiger partial charge in [-0.15, -0.1) is 0 Å². The first kappa shape index (κ1) is 45.8. The van der Waals surface area contributed by atoms with Gasteiger partial charge in [0.15, 0.2) is 0 Å². The van der Waals surface area contributed by atoms with Gasteiger partial charge < -0.3 is 13.9 Å². The molecule has 0 saturated heterocycles. The highest BCUT2D eigenvalue weighted by molar-refractivity contribution is 6.86. The molecule has 0 bridgehead atoms. The van der Waals surface area contributed by atoms with Crippen LogP contribution in [0.5, 0.6) is 0 Å². The average molecular weight is 950 g/mol. The van der Waals surface area contributed by atoms with Gasteiger partial charge in [-0.1, -0.05) is 194 Å². The van der Waals surface area contributed by atoms with Gasteiger partial charge in [-0.25, -0.2) is 0 Å². The number of allylic oxidation sites excluding steroid dienone is 1. The molecule has 0 spiro atoms. The van der Waals surface area contributed by atoms with E-state index in [2.05, 4.69) is 269 Å². The van der Waals surface area contributed by atoms with E-state index in [-0.39, 0.29) is 33.9 Å². The second-order valence-corrected chi connectivity index (χ2v) is 26.3. The van der Waals surface area contributed by atoms with Crippen LogP contribution < -0.4 is 10.4 Å². The van der Waals surface area contributed by atoms with E-state index in [4.69, 9.17) is 0 Å². The summed E-state index contributed by atoms with van der Waals surface area (Å²) in [6.45, 7) is 33.0. The quantitative estimate of drug-likeness (QED) is 0.161. The van der Waals surface area contributed by atoms with Gasteiger partial charge in [0.1, 0.15) is 0 Å². The molecule has 2 aromatic heterocycles. The summed E-state index contributed by atoms with van der Waals surface area (Å²) in [6.07, 6.45) is 0. The largest absolute Gasteiger partial charge is 0.376 e. The Balaban J connectivity index is 1.21. The molecule has 0 atom stereocenters. The maximum Gasteiger partial charge on any atom is 0.329 e. The molecule has 0 N–H and O–H groups in total. The Hall–Kier alpha value is -7.04. The van der Waals surface area contributed by atoms with Crippen molar-refractivity contribution in [2.45, 2.75) is 124 Å². The van der Waals surface area contributed by atoms with Crippen LogP contribution >= 0.6 is 0 Å². The molecular weight excluding hydrogens is 882 g/mol. The van der Waals surface area contributed by atoms with Crippen molar-refractivity contribution < 1.29 is 0 Å². The molecule has 0 unspecified atom stereocenters. The lowest BCUT2D eigenvalue weighted by Gasteiger charge is -2.43. The highest BCUT2D eigenvalue weighted by atomic mass is 15.2. The molecule has 4 heterocycles. The minimum Gasteiger partial charge on any atom is -0.376 e. The van der Waals surface area contributed by atoms with Gasteiger partial charge in [0, 0.05) is 71.9 Å². The van der Waals surface area contributed by atoms with Crippen LogP contribution in [-0.2, 0) is 27.1 Å². The van der Waals surface area contributed by atoms with E-state index in [1.807, 2.05) is 0 Å². The van der Waals surface area contributed by atoms with Crippen molar-refractivity contribution in [3.8, 4) is 27.9 Å². The fourth-order valence-electron chi connectivity index (χ4n) is 13.1. The standard InChI is InChI=1S/C69H68BN3/c1-65(2,3)43-27-24-41(25-28-43)42-26-34-54-52(36-42)63-64(69(54,13)14)70-61-50(38-46(68(10,11)12)39-58(61)72(63)48-32-29-44(30-33-48)66(4,5)6)51-40-57-59(49-22-18-19-23-55(49)71(57)47-20-16-15-17-21-47)60-53-37-45(67(7,8)9)31-35-56(53)73(70)62(51)60/h15-40H,1-14H3. The minimum absolute atomic E-state index is 0.0195. The SMILES string of the molecule is CC(C)(C)c1ccc(-c2ccc3c(c2)C2=C(B4c5c(cc(C(C)(C)C)cc5N2c2ccc(C(C)(C)C)cc2)-c2cc5c(c6ccccc6n5-c5ccccc5)c5c6cc(C(C)(C)C)ccc6n4c25)C3(C)C)cc1. The number of hydrogen-bond donors (Lipinski definition) is 0. The number of rotatable bonds is 3. The Morgan fingerprint density at radius 2 is 1.03 bits per heavy atom. The van der Waals surface area contributed by atoms with Gasteiger partial charge in [0.25, 0.3) is 0 Å². The number of nitrogens with zero attached hydrogens (tertiary/aromatic N) is 3. The number of fused-ring (bicyclic) bond motifs is 12. The van der Waals surface area contributed by atoms with E-state index < -0.39 is 0 Å². The molecule has 3 aliphatic rings. The van der Waals surface area contributed by atoms with Crippen LogP contribution in [0.25, 0.3) is 77.2 Å². The molecule has 4 heteroatoms. The molecule has 0 radical (unpaired) electrons. The molecule has 1 aliphatic carbocycles. The molecular formula is C69H68BN3. The molecule has 73 heavy (non-hydrogen) atoms. The van der Waals surface area contributed by atoms with E-state index in [9.17, 15) is 0 Å². The summed E-state index contributed by atoms with van der Waals surface area (Å²) in [5.41, 5.74) is 25.7. The van der Waals surface area contributed by atoms with Gasteiger partial charge in [0.05, 0.1) is 11.0 Å². The fourth-order valence-corrected chi connectivity index (χ4v) is 13.1. The number of anilines is 2. The molecule has 2 aliphatic heterocycles. The highest BCUT2D eigenvalue weighted by Crippen LogP contribution is 2.58. The Bertz CT molecular complexity index is 4000. The van der Waals surface area contributed by atoms with Crippen LogP contribution in [-0.4, -0.2) is 15.9 Å². The van der Waals surface area contributed by atoms with Gasteiger partial charge in [-0.2, -0.15) is 0 Å². The highest BCUT2D eigenvalue weighted by Gasteiger charge is 2.53. The van der Waals surface area contributed by atoms with Crippen LogP contribution in [0.4, 0.5) is 11.4 Å². The zero-order chi connectivity index (χ0) is 51.1. The van der Waals surface area contributed by atoms with Crippen LogP contribution in [0.2, 0.25) is 0 Å². The predicted molar refractivity (Wildman–Crippen MR) is 315 cm³/mol. The number of hydrogen-bond acceptors (Lipinski definition) is 1. The van der Waals surface area contributed by atoms with Crippen LogP contribution in [0.15, 0.2) is 163 Å². The number of para-hydroxylation sites is 2. The van der Waals surface area contributed by atoms with Crippen LogP contribution in [0, 0.1) is 0 Å². The molecule has 8 aromatic carbocycles. The zero-order valence-electron chi connectivity index (χ0n) is 45.4. The Labute approximate surface area is 433 Å². The van der Waals surface area contributed by atoms with Gasteiger partial charge in [0.2, 0.25) is 0 Å². The smallest absolute Gasteiger partial charge is 0.329 e. The Morgan fingerprint density at radius 1 is 0.425 bits per heavy atom. The van der Waals surface area contributed by atoms with E-state index in [1.165, 1.54) is 133 Å². The lowest BCUT2D eigenvalue weighted by Crippen LogP contribution is -2.52. The van der Waals surface area contributed by atoms with Crippen molar-refractivity contribution in [2.24, 2.45) is 0 Å². The molecule has 0 amide bonds. The second-order valence-electron chi connectivity index (χ2n) is 26.3. The molecule has 3 nitrogen and oxygen atoms in total. The van der Waals surface area contributed by atoms with E-state index in [0.717, 1.165) is 0 Å². The number of aromatic nitrogens is 2. The predicted octanol–water partition coefficient (Wildman–Crippen LogP) is 17.9. The zero-order valence-corrected chi connectivity index (χ0v) is 45.4. The van der Waals surface area contributed by atoms with E-state index >= 15 is 0 Å². The van der Waals surface area contributed by atoms with Gasteiger partial charge in [-0.3, -0.25) is 0 Å². The topological polar surface area (TPSA) is 13.1 Å². The molecule has 362 valence electrons. The third-order valence-electron chi connectivity index (χ3n) is 17.1. The summed E-state index contributed by atoms with van der Waals surface area (Å²) >= 11 is 0. The molecule has 0 saturated carbocycles. The van der Waals surface area contributed by atoms with Crippen molar-refractivity contribution in [3.63, 3.8) is 0 Å². The van der Waals surface area contributed by atoms with Crippen molar-refractivity contribution in [1.82, 2.24) is 9.05 Å². The third-order valence-corrected chi connectivity index (χ3v) is 17.1. The van der Waals surface area contributed by atoms with Gasteiger partial charge >= 0.3 is 6.85 Å². The van der Waals surface area contributed by atoms with Crippen molar-refractivity contribution >= 4 is 73.0 Å². The van der Waals surface area contributed by atoms with Crippen LogP contribution in [0.1, 0.15) is 130 Å². The Morgan fingerprint density at radius 3 is 1.68 bits per heavy atom. The van der Waals surface area contributed by atoms with E-state index in [0.29, 0.717) is 0 Å². The first-order valence-electron chi connectivity index (χ1n) is 26.7. The monoisotopic (exact) mass is 950 g/mol. The Kier molecular flexibility index (Phi) is 9.43. The maximum absolute atomic E-state index is 2.82. The normalized spacial score (nSPS) is 15.3. The minimum atomic E-state index is -0.329. The van der Waals surface area contributed by atoms with Crippen LogP contribution in [0.3, 0.4) is 0 Å². The third kappa shape index (κ3) is 6.57. The summed E-state index contributed by atoms with van der Waals surface area (Å²) in [7, 11) is 0. The molecule has 0 fully saturated rings. The summed E-state index contributed by atoms with van der Waals surface area (Å²) in [4.78, 5) is 2.69. The van der Waals surface area contributed by atoms with Crippen molar-refractivity contribution in [3.05, 3.63) is 197 Å². The second kappa shape index (κ2) is 15.0. The van der Waals surface area contributed by atoms with Crippen molar-refractivity contribution in [2.75, 3.05) is 4.90 Å². The lowest BCUT2D eigenvalue weighted by atomic mass is 9.40. The summed E-state index contributed by atoms with van der Waals surface area (Å²) in [5.74, 6) is 0. The first-order chi connectivity index (χ1) is 34.5. The molecule has 13 rings (SSSR count). The van der Waals surface area contributed by atoms with Gasteiger partial charge in [-0.05, 0) is 138 Å². The molecule has 10 aromatic rings. The first-order valence-corrected chi connectivity index (χ1v) is 26.7. The summed E-state index contributed by atoms with van der Waals surface area (Å²) in [6, 6.07) is 61.5. The summed E-state index contributed by atoms with van der Waals surface area (Å²) in [5, 5.41) is 5.29. The summed E-state index contributed by atoms with van der Waals surface area (Å²) < 4.78 is 5.34. The van der Waals surface area contributed by atoms with E-state index in [1.54, 1.807) is 0 Å².